The van der Waals surface area contributed by atoms with Gasteiger partial charge in [0.05, 0.1) is 17.7 Å². The average molecular weight is 1010 g/mol. The monoisotopic (exact) mass is 1010 g/mol. The van der Waals surface area contributed by atoms with E-state index in [0.29, 0.717) is 90.4 Å². The van der Waals surface area contributed by atoms with Crippen LogP contribution in [0.25, 0.3) is 37.8 Å². The van der Waals surface area contributed by atoms with Gasteiger partial charge >= 0.3 is 0 Å². The molecule has 1 saturated heterocycles. The number of anilines is 2. The molecule has 1 fully saturated rings. The minimum absolute atomic E-state index is 0.0318. The molecular weight excluding hydrogens is 951 g/mol. The molecule has 374 valence electrons. The molecule has 9 rings (SSSR count). The summed E-state index contributed by atoms with van der Waals surface area (Å²) in [6, 6.07) is 19.8. The van der Waals surface area contributed by atoms with Crippen LogP contribution in [-0.4, -0.2) is 110 Å². The SMILES string of the molecule is C=CC(=O)N1CCN(c2nc(N(C)CC(C)(C)OCCC(C)(C)NC(=O)C[C@@H]3N=C(c4ccc(Cl)cc4)c4c(sc(C)c4C)-n4c(C)nnc43)nc3c(F)c(-c4cc(O)cc5ccccc45)c(C)cc23)CC1. The average Bonchev–Trinajstić information content (AvgIpc) is 3.81. The molecule has 17 heteroatoms. The number of aliphatic imine (C=N–C) groups is 1. The zero-order valence-electron chi connectivity index (χ0n) is 42.2. The number of nitrogens with zero attached hydrogens (tertiary/aromatic N) is 9. The highest BCUT2D eigenvalue weighted by molar-refractivity contribution is 7.15. The van der Waals surface area contributed by atoms with Crippen molar-refractivity contribution >= 4 is 73.9 Å². The smallest absolute Gasteiger partial charge is 0.246 e. The summed E-state index contributed by atoms with van der Waals surface area (Å²) in [6.45, 7) is 22.0. The fourth-order valence-corrected chi connectivity index (χ4v) is 11.2. The van der Waals surface area contributed by atoms with Crippen molar-refractivity contribution in [3.63, 3.8) is 0 Å². The summed E-state index contributed by atoms with van der Waals surface area (Å²) in [4.78, 5) is 48.7. The minimum atomic E-state index is -0.743. The van der Waals surface area contributed by atoms with E-state index in [-0.39, 0.29) is 29.5 Å². The van der Waals surface area contributed by atoms with E-state index in [9.17, 15) is 14.7 Å². The molecule has 0 spiro atoms. The van der Waals surface area contributed by atoms with Gasteiger partial charge in [0, 0.05) is 83.9 Å². The van der Waals surface area contributed by atoms with E-state index in [1.165, 1.54) is 6.08 Å². The molecule has 2 amide bonds. The number of hydrogen-bond donors (Lipinski definition) is 2. The number of halogens is 2. The standard InChI is InChI=1S/C55H60ClFN10O4S/c1-11-44(70)65-21-23-66(24-22-65)50-41-26-31(2)45(40-28-38(68)27-36-14-12-13-15-39(36)40)47(57)49(41)59-53(60-50)64(10)30-55(8,9)71-25-20-54(6,7)61-43(69)29-42-51-63-62-34(5)67(51)52-46(32(3)33(4)72-52)48(58-42)35-16-18-37(56)19-17-35/h11-19,26-28,42,68H,1,20-25,29-30H2,2-10H3,(H,61,69)/t42-/m0/s1. The second kappa shape index (κ2) is 19.7. The van der Waals surface area contributed by atoms with Gasteiger partial charge in [-0.3, -0.25) is 19.1 Å². The summed E-state index contributed by atoms with van der Waals surface area (Å²) in [5.74, 6) is 1.37. The number of benzene rings is 4. The largest absolute Gasteiger partial charge is 0.508 e. The zero-order valence-corrected chi connectivity index (χ0v) is 43.8. The molecule has 14 nitrogen and oxygen atoms in total. The number of hydrogen-bond acceptors (Lipinski definition) is 12. The minimum Gasteiger partial charge on any atom is -0.508 e. The molecule has 3 aromatic heterocycles. The van der Waals surface area contributed by atoms with Crippen molar-refractivity contribution < 1.29 is 23.8 Å². The van der Waals surface area contributed by atoms with Gasteiger partial charge in [0.2, 0.25) is 17.8 Å². The van der Waals surface area contributed by atoms with E-state index in [4.69, 9.17) is 31.3 Å². The first-order valence-electron chi connectivity index (χ1n) is 24.1. The van der Waals surface area contributed by atoms with Crippen LogP contribution >= 0.6 is 22.9 Å². The molecule has 72 heavy (non-hydrogen) atoms. The Morgan fingerprint density at radius 2 is 1.69 bits per heavy atom. The maximum atomic E-state index is 17.4. The van der Waals surface area contributed by atoms with Crippen molar-refractivity contribution in [1.82, 2.24) is 34.9 Å². The van der Waals surface area contributed by atoms with Crippen LogP contribution in [-0.2, 0) is 14.3 Å². The van der Waals surface area contributed by atoms with Crippen molar-refractivity contribution in [1.29, 1.82) is 0 Å². The molecule has 5 heterocycles. The van der Waals surface area contributed by atoms with Crippen LogP contribution < -0.4 is 15.1 Å². The molecule has 0 aliphatic carbocycles. The number of likely N-dealkylation sites (N-methyl/N-ethyl adjacent to an activating group) is 1. The van der Waals surface area contributed by atoms with Gasteiger partial charge in [-0.1, -0.05) is 54.6 Å². The van der Waals surface area contributed by atoms with E-state index in [1.807, 2.05) is 113 Å². The number of phenolic OH excluding ortho intramolecular Hbond substituents is 1. The highest BCUT2D eigenvalue weighted by atomic mass is 35.5. The molecule has 0 saturated carbocycles. The van der Waals surface area contributed by atoms with Crippen LogP contribution in [0.5, 0.6) is 5.75 Å². The van der Waals surface area contributed by atoms with Crippen LogP contribution in [0.1, 0.15) is 85.4 Å². The Labute approximate surface area is 428 Å². The van der Waals surface area contributed by atoms with Gasteiger partial charge < -0.3 is 29.9 Å². The lowest BCUT2D eigenvalue weighted by molar-refractivity contribution is -0.126. The van der Waals surface area contributed by atoms with E-state index in [2.05, 4.69) is 40.8 Å². The van der Waals surface area contributed by atoms with Gasteiger partial charge in [-0.25, -0.2) is 9.37 Å². The molecule has 2 N–H and O–H groups in total. The number of carbonyl (C=O) groups excluding carboxylic acids is 2. The van der Waals surface area contributed by atoms with E-state index >= 15 is 4.39 Å². The fraction of sp³-hybridized carbons (Fsp3) is 0.364. The summed E-state index contributed by atoms with van der Waals surface area (Å²) in [7, 11) is 1.86. The molecular formula is C55H60ClFN10O4S. The highest BCUT2D eigenvalue weighted by Crippen LogP contribution is 2.42. The quantitative estimate of drug-likeness (QED) is 0.101. The maximum Gasteiger partial charge on any atom is 0.246 e. The number of piperazine rings is 1. The number of nitrogens with one attached hydrogen (secondary N) is 1. The van der Waals surface area contributed by atoms with E-state index in [1.54, 1.807) is 28.4 Å². The van der Waals surface area contributed by atoms with Crippen LogP contribution in [0.4, 0.5) is 16.2 Å². The number of carbonyl (C=O) groups is 2. The summed E-state index contributed by atoms with van der Waals surface area (Å²) < 4.78 is 26.0. The second-order valence-electron chi connectivity index (χ2n) is 20.1. The van der Waals surface area contributed by atoms with Crippen LogP contribution in [0.2, 0.25) is 5.02 Å². The van der Waals surface area contributed by atoms with Crippen molar-refractivity contribution in [3.05, 3.63) is 129 Å². The first-order valence-corrected chi connectivity index (χ1v) is 25.3. The summed E-state index contributed by atoms with van der Waals surface area (Å²) >= 11 is 7.97. The third kappa shape index (κ3) is 9.91. The Morgan fingerprint density at radius 1 is 0.972 bits per heavy atom. The molecule has 2 aliphatic rings. The number of ether oxygens (including phenoxy) is 1. The molecule has 0 bridgehead atoms. The number of amides is 2. The van der Waals surface area contributed by atoms with Crippen LogP contribution in [0.15, 0.2) is 84.4 Å². The van der Waals surface area contributed by atoms with Crippen LogP contribution in [0.3, 0.4) is 0 Å². The van der Waals surface area contributed by atoms with Crippen LogP contribution in [0, 0.1) is 33.5 Å². The van der Waals surface area contributed by atoms with Crippen molar-refractivity contribution in [2.24, 2.45) is 4.99 Å². The van der Waals surface area contributed by atoms with Gasteiger partial charge in [0.15, 0.2) is 11.6 Å². The zero-order chi connectivity index (χ0) is 51.4. The van der Waals surface area contributed by atoms with Crippen molar-refractivity contribution in [3.8, 4) is 21.9 Å². The Hall–Kier alpha value is -6.75. The summed E-state index contributed by atoms with van der Waals surface area (Å²) in [5, 5.41) is 26.8. The fourth-order valence-electron chi connectivity index (χ4n) is 9.91. The lowest BCUT2D eigenvalue weighted by Gasteiger charge is -2.36. The van der Waals surface area contributed by atoms with Gasteiger partial charge in [0.1, 0.15) is 34.0 Å². The number of rotatable bonds is 14. The first-order chi connectivity index (χ1) is 34.2. The maximum absolute atomic E-state index is 17.4. The number of aromatic nitrogens is 5. The summed E-state index contributed by atoms with van der Waals surface area (Å²) in [5.41, 5.74) is 4.10. The third-order valence-corrected chi connectivity index (χ3v) is 15.1. The Balaban J connectivity index is 0.931. The molecule has 0 unspecified atom stereocenters. The van der Waals surface area contributed by atoms with Gasteiger partial charge in [0.25, 0.3) is 0 Å². The highest BCUT2D eigenvalue weighted by Gasteiger charge is 2.35. The Kier molecular flexibility index (Phi) is 13.7. The Morgan fingerprint density at radius 3 is 2.42 bits per heavy atom. The van der Waals surface area contributed by atoms with Gasteiger partial charge in [-0.15, -0.1) is 21.5 Å². The molecule has 7 aromatic rings. The topological polar surface area (TPSA) is 154 Å². The number of aryl methyl sites for hydroxylation is 3. The predicted octanol–water partition coefficient (Wildman–Crippen LogP) is 10.2. The first kappa shape index (κ1) is 50.2. The molecule has 1 atom stereocenters. The normalized spacial score (nSPS) is 15.0. The lowest BCUT2D eigenvalue weighted by Crippen LogP contribution is -2.48. The molecule has 4 aromatic carbocycles. The molecule has 0 radical (unpaired) electrons. The van der Waals surface area contributed by atoms with E-state index < -0.39 is 23.0 Å². The molecule has 2 aliphatic heterocycles. The number of fused-ring (bicyclic) bond motifs is 5. The third-order valence-electron chi connectivity index (χ3n) is 13.7. The number of thiophene rings is 1. The second-order valence-corrected chi connectivity index (χ2v) is 21.8. The summed E-state index contributed by atoms with van der Waals surface area (Å²) in [6.07, 6.45) is 1.86. The van der Waals surface area contributed by atoms with E-state index in [0.717, 1.165) is 48.9 Å². The predicted molar refractivity (Wildman–Crippen MR) is 286 cm³/mol. The Bertz CT molecular complexity index is 3300. The van der Waals surface area contributed by atoms with Gasteiger partial charge in [-0.05, 0) is 126 Å². The van der Waals surface area contributed by atoms with Crippen molar-refractivity contribution in [2.75, 3.05) is 56.2 Å². The number of aromatic hydroxyl groups is 1. The lowest BCUT2D eigenvalue weighted by atomic mass is 9.93. The van der Waals surface area contributed by atoms with Crippen molar-refractivity contribution in [2.45, 2.75) is 85.4 Å². The van der Waals surface area contributed by atoms with Gasteiger partial charge in [-0.2, -0.15) is 4.98 Å². The number of phenols is 1.